The lowest BCUT2D eigenvalue weighted by Gasteiger charge is -2.27. The van der Waals surface area contributed by atoms with Crippen LogP contribution in [0.4, 0.5) is 0 Å². The molecule has 0 saturated heterocycles. The van der Waals surface area contributed by atoms with Gasteiger partial charge in [-0.15, -0.1) is 0 Å². The van der Waals surface area contributed by atoms with E-state index in [-0.39, 0.29) is 30.1 Å². The van der Waals surface area contributed by atoms with Crippen LogP contribution >= 0.6 is 34.8 Å². The minimum absolute atomic E-state index is 0.0348. The van der Waals surface area contributed by atoms with Crippen molar-refractivity contribution in [1.82, 2.24) is 0 Å². The van der Waals surface area contributed by atoms with Gasteiger partial charge >= 0.3 is 0 Å². The average molecular weight is 554 g/mol. The first-order valence-corrected chi connectivity index (χ1v) is 13.1. The van der Waals surface area contributed by atoms with Crippen LogP contribution in [0, 0.1) is 17.2 Å². The molecule has 5 rings (SSSR count). The van der Waals surface area contributed by atoms with Crippen molar-refractivity contribution in [3.05, 3.63) is 97.5 Å². The van der Waals surface area contributed by atoms with Gasteiger partial charge in [-0.1, -0.05) is 46.9 Å². The predicted octanol–water partition coefficient (Wildman–Crippen LogP) is 7.31. The number of carbonyl (C=O) groups is 1. The topological polar surface area (TPSA) is 85.3 Å². The second-order valence-electron chi connectivity index (χ2n) is 9.18. The molecule has 37 heavy (non-hydrogen) atoms. The lowest BCUT2D eigenvalue weighted by Crippen LogP contribution is -2.19. The number of ketones is 1. The lowest BCUT2D eigenvalue weighted by atomic mass is 9.96. The number of hydrogen-bond acceptors (Lipinski definition) is 5. The van der Waals surface area contributed by atoms with Crippen LogP contribution in [-0.4, -0.2) is 12.4 Å². The molecule has 0 bridgehead atoms. The van der Waals surface area contributed by atoms with Gasteiger partial charge in [0.1, 0.15) is 24.2 Å². The smallest absolute Gasteiger partial charge is 0.167 e. The fourth-order valence-corrected chi connectivity index (χ4v) is 5.36. The summed E-state index contributed by atoms with van der Waals surface area (Å²) in [7, 11) is 0. The van der Waals surface area contributed by atoms with Crippen LogP contribution in [0.2, 0.25) is 15.1 Å². The lowest BCUT2D eigenvalue weighted by molar-refractivity contribution is -0.116. The van der Waals surface area contributed by atoms with Crippen LogP contribution in [0.5, 0.6) is 11.5 Å². The Balaban J connectivity index is 1.35. The maximum Gasteiger partial charge on any atom is 0.167 e. The number of rotatable bonds is 7. The van der Waals surface area contributed by atoms with Gasteiger partial charge in [0, 0.05) is 17.0 Å². The van der Waals surface area contributed by atoms with Gasteiger partial charge in [-0.05, 0) is 73.7 Å². The Morgan fingerprint density at radius 3 is 2.46 bits per heavy atom. The first-order valence-electron chi connectivity index (χ1n) is 11.9. The highest BCUT2D eigenvalue weighted by molar-refractivity contribution is 6.37. The molecule has 8 heteroatoms. The number of ether oxygens (including phenoxy) is 2. The van der Waals surface area contributed by atoms with Gasteiger partial charge in [-0.25, -0.2) is 0 Å². The zero-order chi connectivity index (χ0) is 26.1. The molecular weight excluding hydrogens is 531 g/mol. The molecule has 1 aliphatic carbocycles. The van der Waals surface area contributed by atoms with Crippen LogP contribution in [0.3, 0.4) is 0 Å². The van der Waals surface area contributed by atoms with Gasteiger partial charge in [0.15, 0.2) is 5.78 Å². The van der Waals surface area contributed by atoms with E-state index in [0.29, 0.717) is 37.5 Å². The molecule has 188 valence electrons. The van der Waals surface area contributed by atoms with Crippen molar-refractivity contribution in [3.63, 3.8) is 0 Å². The van der Waals surface area contributed by atoms with Crippen LogP contribution in [0.25, 0.3) is 5.70 Å². The van der Waals surface area contributed by atoms with E-state index >= 15 is 0 Å². The second kappa shape index (κ2) is 10.7. The highest BCUT2D eigenvalue weighted by Gasteiger charge is 2.34. The van der Waals surface area contributed by atoms with Gasteiger partial charge in [-0.2, -0.15) is 5.26 Å². The van der Waals surface area contributed by atoms with E-state index in [1.165, 1.54) is 0 Å². The average Bonchev–Trinajstić information content (AvgIpc) is 3.74. The van der Waals surface area contributed by atoms with E-state index in [4.69, 9.17) is 55.3 Å². The van der Waals surface area contributed by atoms with E-state index < -0.39 is 0 Å². The summed E-state index contributed by atoms with van der Waals surface area (Å²) in [6, 6.07) is 18.1. The molecule has 1 saturated carbocycles. The zero-order valence-electron chi connectivity index (χ0n) is 19.8. The molecule has 5 nitrogen and oxygen atoms in total. The van der Waals surface area contributed by atoms with Crippen molar-refractivity contribution < 1.29 is 14.3 Å². The number of nitriles is 1. The standard InChI is InChI=1S/C29H23Cl3N2O3/c30-22-2-1-3-23(31)27(22)28(34)21(29(35)17-5-6-17)15-36-19-8-9-20(24(32)13-19)26-11-7-18-12-16(14-33)4-10-25(18)37-26/h1-4,8-10,12-13,17,26H,5-7,11,15,34H2. The maximum absolute atomic E-state index is 13.1. The Morgan fingerprint density at radius 1 is 1.03 bits per heavy atom. The third-order valence-electron chi connectivity index (χ3n) is 6.64. The molecule has 1 atom stereocenters. The molecule has 1 heterocycles. The Hall–Kier alpha value is -3.17. The number of halogens is 3. The molecule has 2 aliphatic rings. The summed E-state index contributed by atoms with van der Waals surface area (Å²) < 4.78 is 12.2. The van der Waals surface area contributed by atoms with E-state index in [2.05, 4.69) is 6.07 Å². The number of fused-ring (bicyclic) bond motifs is 1. The molecule has 0 aromatic heterocycles. The fraction of sp³-hybridized carbons (Fsp3) is 0.241. The summed E-state index contributed by atoms with van der Waals surface area (Å²) in [5.41, 5.74) is 9.91. The molecule has 3 aromatic carbocycles. The molecule has 2 N–H and O–H groups in total. The number of nitrogens with two attached hydrogens (primary N) is 1. The van der Waals surface area contributed by atoms with E-state index in [1.807, 2.05) is 18.2 Å². The molecular formula is C29H23Cl3N2O3. The van der Waals surface area contributed by atoms with Gasteiger partial charge in [0.25, 0.3) is 0 Å². The first kappa shape index (κ1) is 25.5. The number of nitrogens with zero attached hydrogens (tertiary/aromatic N) is 1. The second-order valence-corrected chi connectivity index (χ2v) is 10.4. The summed E-state index contributed by atoms with van der Waals surface area (Å²) in [5, 5.41) is 10.4. The first-order chi connectivity index (χ1) is 17.9. The Morgan fingerprint density at radius 2 is 1.78 bits per heavy atom. The number of hydrogen-bond donors (Lipinski definition) is 1. The van der Waals surface area contributed by atoms with Crippen LogP contribution in [-0.2, 0) is 11.2 Å². The Labute approximate surface area is 230 Å². The van der Waals surface area contributed by atoms with Crippen LogP contribution in [0.1, 0.15) is 47.6 Å². The minimum atomic E-state index is -0.216. The van der Waals surface area contributed by atoms with Gasteiger partial charge in [0.2, 0.25) is 0 Å². The molecule has 0 amide bonds. The zero-order valence-corrected chi connectivity index (χ0v) is 22.0. The molecule has 1 fully saturated rings. The number of benzene rings is 3. The molecule has 0 radical (unpaired) electrons. The predicted molar refractivity (Wildman–Crippen MR) is 145 cm³/mol. The van der Waals surface area contributed by atoms with Crippen LogP contribution in [0.15, 0.2) is 60.2 Å². The monoisotopic (exact) mass is 552 g/mol. The summed E-state index contributed by atoms with van der Waals surface area (Å²) in [6.07, 6.45) is 2.96. The molecule has 0 spiro atoms. The van der Waals surface area contributed by atoms with Crippen molar-refractivity contribution in [2.45, 2.75) is 31.8 Å². The number of aryl methyl sites for hydroxylation is 1. The third kappa shape index (κ3) is 5.43. The van der Waals surface area contributed by atoms with E-state index in [9.17, 15) is 4.79 Å². The number of Topliss-reactive ketones (excluding diaryl/α,β-unsaturated/α-hetero) is 1. The summed E-state index contributed by atoms with van der Waals surface area (Å²) in [4.78, 5) is 13.1. The summed E-state index contributed by atoms with van der Waals surface area (Å²) >= 11 is 19.3. The number of carbonyl (C=O) groups excluding carboxylic acids is 1. The Bertz CT molecular complexity index is 1440. The van der Waals surface area contributed by atoms with Crippen molar-refractivity contribution in [1.29, 1.82) is 5.26 Å². The van der Waals surface area contributed by atoms with Crippen LogP contribution < -0.4 is 15.2 Å². The van der Waals surface area contributed by atoms with Crippen molar-refractivity contribution in [2.24, 2.45) is 11.7 Å². The van der Waals surface area contributed by atoms with Gasteiger partial charge in [-0.3, -0.25) is 4.79 Å². The van der Waals surface area contributed by atoms with E-state index in [0.717, 1.165) is 42.6 Å². The van der Waals surface area contributed by atoms with Gasteiger partial charge < -0.3 is 15.2 Å². The van der Waals surface area contributed by atoms with Gasteiger partial charge in [0.05, 0.1) is 38.0 Å². The van der Waals surface area contributed by atoms with Crippen molar-refractivity contribution in [2.75, 3.05) is 6.61 Å². The molecule has 3 aromatic rings. The summed E-state index contributed by atoms with van der Waals surface area (Å²) in [6.45, 7) is -0.0348. The molecule has 1 unspecified atom stereocenters. The third-order valence-corrected chi connectivity index (χ3v) is 7.60. The van der Waals surface area contributed by atoms with Crippen molar-refractivity contribution in [3.8, 4) is 17.6 Å². The normalized spacial score (nSPS) is 17.2. The minimum Gasteiger partial charge on any atom is -0.489 e. The highest BCUT2D eigenvalue weighted by Crippen LogP contribution is 2.40. The van der Waals surface area contributed by atoms with E-state index in [1.54, 1.807) is 36.4 Å². The maximum atomic E-state index is 13.1. The largest absolute Gasteiger partial charge is 0.489 e. The summed E-state index contributed by atoms with van der Waals surface area (Å²) in [5.74, 6) is 1.15. The fourth-order valence-electron chi connectivity index (χ4n) is 4.47. The molecule has 1 aliphatic heterocycles. The SMILES string of the molecule is N#Cc1ccc2c(c1)CCC(c1ccc(OCC(C(=O)C3CC3)=C(N)c3c(Cl)cccc3Cl)cc1Cl)O2. The van der Waals surface area contributed by atoms with Crippen molar-refractivity contribution >= 4 is 46.3 Å². The quantitative estimate of drug-likeness (QED) is 0.310. The Kier molecular flexibility index (Phi) is 7.35. The highest BCUT2D eigenvalue weighted by atomic mass is 35.5.